The molecule has 1 aromatic heterocycles. The molecule has 27 heteroatoms. The fourth-order valence-corrected chi connectivity index (χ4v) is 8.69. The van der Waals surface area contributed by atoms with Gasteiger partial charge in [0.05, 0.1) is 57.2 Å². The number of pyridine rings is 1. The van der Waals surface area contributed by atoms with Crippen LogP contribution in [0.3, 0.4) is 0 Å². The Balaban J connectivity index is 0.000000378. The van der Waals surface area contributed by atoms with Crippen LogP contribution in [-0.2, 0) is 56.0 Å². The van der Waals surface area contributed by atoms with Gasteiger partial charge in [-0.25, -0.2) is 0 Å². The lowest BCUT2D eigenvalue weighted by Crippen LogP contribution is -2.75. The molecule has 0 radical (unpaired) electrons. The fraction of sp³-hybridized carbons (Fsp3) is 0.250. The van der Waals surface area contributed by atoms with Crippen molar-refractivity contribution in [3.63, 3.8) is 0 Å². The molecule has 7 rings (SSSR count). The Labute approximate surface area is 430 Å². The van der Waals surface area contributed by atoms with E-state index in [0.717, 1.165) is 31.9 Å². The van der Waals surface area contributed by atoms with E-state index in [0.29, 0.717) is 0 Å². The number of benzene rings is 6. The van der Waals surface area contributed by atoms with Gasteiger partial charge in [-0.3, -0.25) is 0 Å². The minimum atomic E-state index is -6.13. The topological polar surface area (TPSA) is 13.1 Å². The summed E-state index contributed by atoms with van der Waals surface area (Å²) in [4.78, 5) is 0. The lowest BCUT2D eigenvalue weighted by Gasteiger charge is -2.46. The number of ether oxygens (including phenoxy) is 1. The van der Waals surface area contributed by atoms with Crippen molar-refractivity contribution < 1.29 is 115 Å². The predicted molar refractivity (Wildman–Crippen MR) is 240 cm³/mol. The SMILES string of the molecule is CCCCOc1ccc2ccccc2[n+]1Cc1ccccc1.FC(F)(F)c1cc([B-](c2cc(C(F)(F)F)cc(C(F)(F)F)c2)(c2cc(C(F)(F)F)cc(C(F)(F)F)c2)c2cc(C(F)(F)F)cc(C(F)(F)F)c2)cc(C(F)(F)F)c1. The second-order valence-corrected chi connectivity index (χ2v) is 17.7. The third-order valence-corrected chi connectivity index (χ3v) is 12.3. The molecule has 0 aliphatic heterocycles. The van der Waals surface area contributed by atoms with E-state index in [1.807, 2.05) is 0 Å². The minimum Gasteiger partial charge on any atom is -0.444 e. The highest BCUT2D eigenvalue weighted by molar-refractivity contribution is 7.20. The number of hydrogen-bond donors (Lipinski definition) is 0. The van der Waals surface area contributed by atoms with Crippen molar-refractivity contribution in [1.29, 1.82) is 0 Å². The van der Waals surface area contributed by atoms with Crippen molar-refractivity contribution in [2.24, 2.45) is 0 Å². The molecule has 0 saturated heterocycles. The van der Waals surface area contributed by atoms with Gasteiger partial charge in [0.1, 0.15) is 6.15 Å². The molecule has 0 bridgehead atoms. The van der Waals surface area contributed by atoms with E-state index in [-0.39, 0.29) is 0 Å². The largest absolute Gasteiger partial charge is 0.444 e. The Kier molecular flexibility index (Phi) is 16.9. The highest BCUT2D eigenvalue weighted by Crippen LogP contribution is 2.41. The molecule has 0 saturated carbocycles. The van der Waals surface area contributed by atoms with E-state index >= 15 is 0 Å². The lowest BCUT2D eigenvalue weighted by atomic mass is 9.12. The fourth-order valence-electron chi connectivity index (χ4n) is 8.69. The maximum absolute atomic E-state index is 14.2. The highest BCUT2D eigenvalue weighted by atomic mass is 19.4. The van der Waals surface area contributed by atoms with Crippen LogP contribution in [0, 0.1) is 0 Å². The molecule has 0 spiro atoms. The molecular weight excluding hydrogens is 1120 g/mol. The number of halogens is 24. The molecule has 424 valence electrons. The molecule has 1 heterocycles. The van der Waals surface area contributed by atoms with Crippen molar-refractivity contribution in [2.75, 3.05) is 6.61 Å². The first-order valence-electron chi connectivity index (χ1n) is 22.6. The van der Waals surface area contributed by atoms with Gasteiger partial charge in [-0.2, -0.15) is 132 Å². The summed E-state index contributed by atoms with van der Waals surface area (Å²) in [5, 5.41) is 1.24. The summed E-state index contributed by atoms with van der Waals surface area (Å²) in [5.74, 6) is 0.941. The van der Waals surface area contributed by atoms with Crippen LogP contribution in [0.2, 0.25) is 0 Å². The summed E-state index contributed by atoms with van der Waals surface area (Å²) in [6, 6.07) is 14.4. The smallest absolute Gasteiger partial charge is 0.416 e. The maximum Gasteiger partial charge on any atom is 0.416 e. The Bertz CT molecular complexity index is 2840. The molecule has 0 unspecified atom stereocenters. The maximum atomic E-state index is 14.2. The number of fused-ring (bicyclic) bond motifs is 1. The van der Waals surface area contributed by atoms with Crippen LogP contribution in [0.5, 0.6) is 5.88 Å². The molecular formula is C52H34BF24NO. The van der Waals surface area contributed by atoms with E-state index in [4.69, 9.17) is 4.74 Å². The second-order valence-electron chi connectivity index (χ2n) is 17.7. The van der Waals surface area contributed by atoms with Gasteiger partial charge >= 0.3 is 55.3 Å². The van der Waals surface area contributed by atoms with Gasteiger partial charge in [0.25, 0.3) is 0 Å². The molecule has 6 aromatic carbocycles. The number of hydrogen-bond acceptors (Lipinski definition) is 1. The predicted octanol–water partition coefficient (Wildman–Crippen LogP) is 15.6. The first kappa shape index (κ1) is 61.1. The van der Waals surface area contributed by atoms with E-state index in [9.17, 15) is 105 Å². The molecule has 7 aromatic rings. The number of aromatic nitrogens is 1. The number of unbranched alkanes of at least 4 members (excludes halogenated alkanes) is 1. The van der Waals surface area contributed by atoms with Crippen LogP contribution in [0.15, 0.2) is 140 Å². The van der Waals surface area contributed by atoms with Crippen molar-refractivity contribution in [3.8, 4) is 5.88 Å². The van der Waals surface area contributed by atoms with Crippen LogP contribution in [-0.4, -0.2) is 12.8 Å². The lowest BCUT2D eigenvalue weighted by molar-refractivity contribution is -0.668. The Morgan fingerprint density at radius 2 is 0.646 bits per heavy atom. The summed E-state index contributed by atoms with van der Waals surface area (Å²) in [6.07, 6.45) is -52.6. The molecule has 0 fully saturated rings. The number of para-hydroxylation sites is 1. The summed E-state index contributed by atoms with van der Waals surface area (Å²) in [5.41, 5.74) is -27.7. The van der Waals surface area contributed by atoms with Crippen LogP contribution < -0.4 is 31.2 Å². The highest BCUT2D eigenvalue weighted by Gasteiger charge is 2.47. The van der Waals surface area contributed by atoms with Gasteiger partial charge in [0, 0.05) is 17.0 Å². The minimum absolute atomic E-state index is 0.691. The van der Waals surface area contributed by atoms with Gasteiger partial charge in [0.15, 0.2) is 6.54 Å². The number of rotatable bonds is 10. The quantitative estimate of drug-likeness (QED) is 0.0576. The number of alkyl halides is 24. The zero-order chi connectivity index (χ0) is 59.1. The van der Waals surface area contributed by atoms with E-state index < -0.39 is 195 Å². The van der Waals surface area contributed by atoms with Gasteiger partial charge in [-0.1, -0.05) is 104 Å². The first-order chi connectivity index (χ1) is 36.1. The zero-order valence-electron chi connectivity index (χ0n) is 39.6. The van der Waals surface area contributed by atoms with E-state index in [1.54, 1.807) is 0 Å². The van der Waals surface area contributed by atoms with Crippen molar-refractivity contribution in [3.05, 3.63) is 190 Å². The third kappa shape index (κ3) is 14.2. The van der Waals surface area contributed by atoms with Gasteiger partial charge in [0.2, 0.25) is 5.52 Å². The number of nitrogens with zero attached hydrogens (tertiary/aromatic N) is 1. The molecule has 0 atom stereocenters. The second kappa shape index (κ2) is 21.9. The average Bonchev–Trinajstić information content (AvgIpc) is 3.36. The van der Waals surface area contributed by atoms with Crippen LogP contribution in [0.25, 0.3) is 10.9 Å². The van der Waals surface area contributed by atoms with E-state index in [1.165, 1.54) is 16.5 Å². The van der Waals surface area contributed by atoms with Gasteiger partial charge in [-0.05, 0) is 42.8 Å². The Morgan fingerprint density at radius 1 is 0.354 bits per heavy atom. The van der Waals surface area contributed by atoms with Crippen molar-refractivity contribution >= 4 is 38.9 Å². The molecule has 0 aliphatic carbocycles. The molecule has 0 N–H and O–H groups in total. The van der Waals surface area contributed by atoms with E-state index in [2.05, 4.69) is 78.2 Å². The standard InChI is InChI=1S/C32H12BF24.C20H22NO/c34-25(35,36)13-1-14(26(37,38)39)6-21(5-13)33(22-7-15(27(40,41)42)2-16(8-22)28(43,44)45,23-9-17(29(46,47)48)3-18(10-23)30(49,50)51)24-11-19(31(52,53)54)4-20(12-24)32(55,56)57;1-2-3-15-22-20-14-13-18-11-7-8-12-19(18)21(20)16-17-9-5-4-6-10-17/h1-12H;4-14H,2-3,15-16H2,1H3/q-1;+1. The van der Waals surface area contributed by atoms with Crippen LogP contribution >= 0.6 is 0 Å². The molecule has 0 amide bonds. The summed E-state index contributed by atoms with van der Waals surface area (Å²) in [7, 11) is 0. The Hall–Kier alpha value is -7.09. The first-order valence-corrected chi connectivity index (χ1v) is 22.6. The van der Waals surface area contributed by atoms with Crippen molar-refractivity contribution in [1.82, 2.24) is 0 Å². The summed E-state index contributed by atoms with van der Waals surface area (Å²) < 4.78 is 349. The Morgan fingerprint density at radius 3 is 0.937 bits per heavy atom. The molecule has 79 heavy (non-hydrogen) atoms. The summed E-state index contributed by atoms with van der Waals surface area (Å²) >= 11 is 0. The summed E-state index contributed by atoms with van der Waals surface area (Å²) in [6.45, 7) is 3.77. The normalized spacial score (nSPS) is 13.3. The molecule has 2 nitrogen and oxygen atoms in total. The van der Waals surface area contributed by atoms with Crippen LogP contribution in [0.4, 0.5) is 105 Å². The van der Waals surface area contributed by atoms with Gasteiger partial charge in [-0.15, -0.1) is 0 Å². The van der Waals surface area contributed by atoms with Crippen LogP contribution in [0.1, 0.15) is 69.8 Å². The molecule has 0 aliphatic rings. The average molecular weight is 1160 g/mol. The van der Waals surface area contributed by atoms with Gasteiger partial charge < -0.3 is 4.74 Å². The monoisotopic (exact) mass is 1160 g/mol. The van der Waals surface area contributed by atoms with Crippen molar-refractivity contribution in [2.45, 2.75) is 75.7 Å². The third-order valence-electron chi connectivity index (χ3n) is 12.3. The zero-order valence-corrected chi connectivity index (χ0v) is 39.6.